The summed E-state index contributed by atoms with van der Waals surface area (Å²) >= 11 is 3.53. The van der Waals surface area contributed by atoms with Gasteiger partial charge in [-0.25, -0.2) is 0 Å². The summed E-state index contributed by atoms with van der Waals surface area (Å²) in [6.45, 7) is 5.08. The van der Waals surface area contributed by atoms with Crippen molar-refractivity contribution in [3.63, 3.8) is 0 Å². The first kappa shape index (κ1) is 11.0. The van der Waals surface area contributed by atoms with Gasteiger partial charge >= 0.3 is 0 Å². The Balaban J connectivity index is 2.57. The van der Waals surface area contributed by atoms with Gasteiger partial charge < -0.3 is 10.5 Å². The lowest BCUT2D eigenvalue weighted by Crippen LogP contribution is -2.21. The van der Waals surface area contributed by atoms with Crippen LogP contribution < -0.4 is 10.5 Å². The molecular formula is C12H16BrNO. The van der Waals surface area contributed by atoms with Gasteiger partial charge in [0.1, 0.15) is 5.75 Å². The minimum Gasteiger partial charge on any atom is -0.493 e. The summed E-state index contributed by atoms with van der Waals surface area (Å²) in [5.41, 5.74) is 8.47. The van der Waals surface area contributed by atoms with E-state index in [-0.39, 0.29) is 6.04 Å². The van der Waals surface area contributed by atoms with Crippen LogP contribution in [0.15, 0.2) is 16.6 Å². The number of benzene rings is 1. The van der Waals surface area contributed by atoms with E-state index in [1.54, 1.807) is 0 Å². The van der Waals surface area contributed by atoms with Gasteiger partial charge in [0, 0.05) is 22.5 Å². The minimum absolute atomic E-state index is 0.115. The normalized spacial score (nSPS) is 19.9. The third-order valence-corrected chi connectivity index (χ3v) is 3.27. The Hall–Kier alpha value is -0.540. The molecular weight excluding hydrogens is 254 g/mol. The zero-order chi connectivity index (χ0) is 11.0. The summed E-state index contributed by atoms with van der Waals surface area (Å²) in [4.78, 5) is 0. The van der Waals surface area contributed by atoms with Gasteiger partial charge in [-0.15, -0.1) is 0 Å². The van der Waals surface area contributed by atoms with Crippen LogP contribution in [0.2, 0.25) is 0 Å². The summed E-state index contributed by atoms with van der Waals surface area (Å²) in [6, 6.07) is 4.32. The van der Waals surface area contributed by atoms with Crippen molar-refractivity contribution in [2.75, 3.05) is 6.61 Å². The summed E-state index contributed by atoms with van der Waals surface area (Å²) in [7, 11) is 0. The summed E-state index contributed by atoms with van der Waals surface area (Å²) in [6.07, 6.45) is 0.904. The van der Waals surface area contributed by atoms with Crippen LogP contribution >= 0.6 is 15.9 Å². The maximum atomic E-state index is 6.08. The van der Waals surface area contributed by atoms with Gasteiger partial charge in [-0.2, -0.15) is 0 Å². The highest BCUT2D eigenvalue weighted by molar-refractivity contribution is 9.10. The smallest absolute Gasteiger partial charge is 0.127 e. The molecule has 1 aliphatic rings. The van der Waals surface area contributed by atoms with Gasteiger partial charge in [0.05, 0.1) is 6.61 Å². The SMILES string of the molecule is CC(C)c1cc(Br)cc2c1OCC[C@@H]2N. The van der Waals surface area contributed by atoms with E-state index < -0.39 is 0 Å². The van der Waals surface area contributed by atoms with Crippen molar-refractivity contribution >= 4 is 15.9 Å². The second kappa shape index (κ2) is 4.14. The lowest BCUT2D eigenvalue weighted by Gasteiger charge is -2.26. The fourth-order valence-electron chi connectivity index (χ4n) is 1.95. The molecule has 1 heterocycles. The van der Waals surface area contributed by atoms with Crippen LogP contribution in [-0.4, -0.2) is 6.61 Å². The Morgan fingerprint density at radius 3 is 2.87 bits per heavy atom. The molecule has 0 unspecified atom stereocenters. The molecule has 2 N–H and O–H groups in total. The number of rotatable bonds is 1. The average molecular weight is 270 g/mol. The van der Waals surface area contributed by atoms with Gasteiger partial charge in [-0.05, 0) is 23.6 Å². The summed E-state index contributed by atoms with van der Waals surface area (Å²) in [5, 5.41) is 0. The quantitative estimate of drug-likeness (QED) is 0.849. The Kier molecular flexibility index (Phi) is 3.03. The van der Waals surface area contributed by atoms with E-state index in [1.165, 1.54) is 5.56 Å². The largest absolute Gasteiger partial charge is 0.493 e. The Bertz CT molecular complexity index is 359. The zero-order valence-electron chi connectivity index (χ0n) is 9.09. The van der Waals surface area contributed by atoms with Crippen LogP contribution in [0.25, 0.3) is 0 Å². The van der Waals surface area contributed by atoms with Crippen molar-refractivity contribution in [2.24, 2.45) is 5.73 Å². The van der Waals surface area contributed by atoms with Crippen LogP contribution in [0, 0.1) is 0 Å². The van der Waals surface area contributed by atoms with Crippen LogP contribution in [0.5, 0.6) is 5.75 Å². The van der Waals surface area contributed by atoms with Crippen molar-refractivity contribution in [3.05, 3.63) is 27.7 Å². The molecule has 0 saturated carbocycles. The molecule has 0 fully saturated rings. The first-order valence-corrected chi connectivity index (χ1v) is 6.10. The van der Waals surface area contributed by atoms with Crippen LogP contribution in [0.3, 0.4) is 0 Å². The molecule has 2 rings (SSSR count). The molecule has 0 amide bonds. The fraction of sp³-hybridized carbons (Fsp3) is 0.500. The predicted molar refractivity (Wildman–Crippen MR) is 65.3 cm³/mol. The Morgan fingerprint density at radius 1 is 1.47 bits per heavy atom. The fourth-order valence-corrected chi connectivity index (χ4v) is 2.44. The topological polar surface area (TPSA) is 35.2 Å². The predicted octanol–water partition coefficient (Wildman–Crippen LogP) is 3.35. The molecule has 3 heteroatoms. The second-order valence-corrected chi connectivity index (χ2v) is 5.23. The van der Waals surface area contributed by atoms with Crippen LogP contribution in [0.4, 0.5) is 0 Å². The highest BCUT2D eigenvalue weighted by Gasteiger charge is 2.22. The van der Waals surface area contributed by atoms with Crippen molar-refractivity contribution in [1.29, 1.82) is 0 Å². The Labute approximate surface area is 98.9 Å². The molecule has 1 aliphatic heterocycles. The van der Waals surface area contributed by atoms with E-state index >= 15 is 0 Å². The van der Waals surface area contributed by atoms with Crippen molar-refractivity contribution < 1.29 is 4.74 Å². The van der Waals surface area contributed by atoms with Gasteiger partial charge in [0.25, 0.3) is 0 Å². The van der Waals surface area contributed by atoms with Crippen LogP contribution in [-0.2, 0) is 0 Å². The summed E-state index contributed by atoms with van der Waals surface area (Å²) in [5.74, 6) is 1.47. The van der Waals surface area contributed by atoms with Crippen molar-refractivity contribution in [3.8, 4) is 5.75 Å². The van der Waals surface area contributed by atoms with Crippen LogP contribution in [0.1, 0.15) is 43.4 Å². The maximum absolute atomic E-state index is 6.08. The lowest BCUT2D eigenvalue weighted by molar-refractivity contribution is 0.265. The molecule has 0 radical (unpaired) electrons. The van der Waals surface area contributed by atoms with Gasteiger partial charge in [0.15, 0.2) is 0 Å². The highest BCUT2D eigenvalue weighted by atomic mass is 79.9. The average Bonchev–Trinajstić information content (AvgIpc) is 2.18. The number of nitrogens with two attached hydrogens (primary N) is 1. The van der Waals surface area contributed by atoms with E-state index in [0.29, 0.717) is 5.92 Å². The standard InChI is InChI=1S/C12H16BrNO/c1-7(2)9-5-8(13)6-10-11(14)3-4-15-12(9)10/h5-7,11H,3-4,14H2,1-2H3/t11-/m0/s1. The van der Waals surface area contributed by atoms with E-state index in [2.05, 4.69) is 41.9 Å². The molecule has 15 heavy (non-hydrogen) atoms. The first-order chi connectivity index (χ1) is 7.09. The first-order valence-electron chi connectivity index (χ1n) is 5.31. The third kappa shape index (κ3) is 2.04. The maximum Gasteiger partial charge on any atom is 0.127 e. The summed E-state index contributed by atoms with van der Waals surface area (Å²) < 4.78 is 6.83. The zero-order valence-corrected chi connectivity index (χ0v) is 10.7. The number of hydrogen-bond donors (Lipinski definition) is 1. The highest BCUT2D eigenvalue weighted by Crippen LogP contribution is 2.39. The van der Waals surface area contributed by atoms with Crippen molar-refractivity contribution in [2.45, 2.75) is 32.2 Å². The van der Waals surface area contributed by atoms with E-state index in [1.807, 2.05) is 0 Å². The van der Waals surface area contributed by atoms with E-state index in [4.69, 9.17) is 10.5 Å². The molecule has 0 spiro atoms. The lowest BCUT2D eigenvalue weighted by atomic mass is 9.93. The van der Waals surface area contributed by atoms with Crippen molar-refractivity contribution in [1.82, 2.24) is 0 Å². The second-order valence-electron chi connectivity index (χ2n) is 4.31. The molecule has 0 saturated heterocycles. The molecule has 0 bridgehead atoms. The molecule has 1 aromatic carbocycles. The molecule has 0 aliphatic carbocycles. The molecule has 82 valence electrons. The molecule has 2 nitrogen and oxygen atoms in total. The van der Waals surface area contributed by atoms with Gasteiger partial charge in [0.2, 0.25) is 0 Å². The number of hydrogen-bond acceptors (Lipinski definition) is 2. The van der Waals surface area contributed by atoms with Gasteiger partial charge in [-0.3, -0.25) is 0 Å². The molecule has 1 aromatic rings. The Morgan fingerprint density at radius 2 is 2.20 bits per heavy atom. The van der Waals surface area contributed by atoms with E-state index in [9.17, 15) is 0 Å². The third-order valence-electron chi connectivity index (χ3n) is 2.81. The molecule has 1 atom stereocenters. The van der Waals surface area contributed by atoms with Gasteiger partial charge in [-0.1, -0.05) is 29.8 Å². The number of ether oxygens (including phenoxy) is 1. The minimum atomic E-state index is 0.115. The number of halogens is 1. The number of fused-ring (bicyclic) bond motifs is 1. The molecule has 0 aromatic heterocycles. The monoisotopic (exact) mass is 269 g/mol. The van der Waals surface area contributed by atoms with E-state index in [0.717, 1.165) is 28.8 Å².